The highest BCUT2D eigenvalue weighted by atomic mass is 19.1. The summed E-state index contributed by atoms with van der Waals surface area (Å²) in [5.74, 6) is -1.09. The van der Waals surface area contributed by atoms with Gasteiger partial charge in [0, 0.05) is 18.7 Å². The molecule has 76 valence electrons. The van der Waals surface area contributed by atoms with Crippen LogP contribution in [-0.4, -0.2) is 12.6 Å². The molecule has 1 aromatic rings. The lowest BCUT2D eigenvalue weighted by atomic mass is 10.1. The van der Waals surface area contributed by atoms with Crippen molar-refractivity contribution in [2.75, 3.05) is 17.2 Å². The predicted molar refractivity (Wildman–Crippen MR) is 52.5 cm³/mol. The summed E-state index contributed by atoms with van der Waals surface area (Å²) >= 11 is 0. The minimum absolute atomic E-state index is 0.240. The second kappa shape index (κ2) is 3.44. The van der Waals surface area contributed by atoms with E-state index in [0.29, 0.717) is 17.9 Å². The fraction of sp³-hybridized carbons (Fsp3) is 0.400. The van der Waals surface area contributed by atoms with Gasteiger partial charge in [-0.1, -0.05) is 6.92 Å². The molecule has 14 heavy (non-hydrogen) atoms. The molecule has 1 aliphatic heterocycles. The Kier molecular flexibility index (Phi) is 2.27. The Morgan fingerprint density at radius 1 is 1.43 bits per heavy atom. The highest BCUT2D eigenvalue weighted by Crippen LogP contribution is 2.30. The number of halogens is 2. The zero-order valence-corrected chi connectivity index (χ0v) is 7.90. The summed E-state index contributed by atoms with van der Waals surface area (Å²) in [4.78, 5) is 0. The Labute approximate surface area is 81.3 Å². The third-order valence-electron chi connectivity index (χ3n) is 2.43. The van der Waals surface area contributed by atoms with Crippen molar-refractivity contribution >= 4 is 11.4 Å². The van der Waals surface area contributed by atoms with Crippen LogP contribution in [0.3, 0.4) is 0 Å². The van der Waals surface area contributed by atoms with Crippen LogP contribution in [0.2, 0.25) is 0 Å². The molecule has 0 saturated carbocycles. The van der Waals surface area contributed by atoms with Gasteiger partial charge < -0.3 is 10.6 Å². The molecule has 0 amide bonds. The van der Waals surface area contributed by atoms with Crippen molar-refractivity contribution in [1.29, 1.82) is 0 Å². The lowest BCUT2D eigenvalue weighted by Crippen LogP contribution is -2.32. The molecule has 0 aliphatic carbocycles. The number of benzene rings is 1. The minimum Gasteiger partial charge on any atom is -0.379 e. The van der Waals surface area contributed by atoms with Crippen molar-refractivity contribution in [1.82, 2.24) is 0 Å². The summed E-state index contributed by atoms with van der Waals surface area (Å²) in [6, 6.07) is 2.44. The highest BCUT2D eigenvalue weighted by molar-refractivity contribution is 5.71. The van der Waals surface area contributed by atoms with Crippen LogP contribution in [0.4, 0.5) is 20.2 Å². The normalized spacial score (nSPS) is 19.5. The average molecular weight is 198 g/mol. The van der Waals surface area contributed by atoms with Crippen molar-refractivity contribution in [2.45, 2.75) is 19.4 Å². The van der Waals surface area contributed by atoms with Gasteiger partial charge in [0.2, 0.25) is 0 Å². The van der Waals surface area contributed by atoms with Crippen LogP contribution in [0.25, 0.3) is 0 Å². The molecule has 0 spiro atoms. The molecule has 0 aromatic heterocycles. The quantitative estimate of drug-likeness (QED) is 0.724. The first-order chi connectivity index (χ1) is 6.70. The zero-order chi connectivity index (χ0) is 10.1. The first-order valence-electron chi connectivity index (χ1n) is 4.70. The SMILES string of the molecule is CCC1CNc2c(F)cc(F)cc2N1. The highest BCUT2D eigenvalue weighted by Gasteiger charge is 2.19. The van der Waals surface area contributed by atoms with Gasteiger partial charge in [0.05, 0.1) is 11.4 Å². The Hall–Kier alpha value is -1.32. The molecule has 2 N–H and O–H groups in total. The summed E-state index contributed by atoms with van der Waals surface area (Å²) in [5, 5.41) is 6.04. The van der Waals surface area contributed by atoms with Crippen molar-refractivity contribution in [2.24, 2.45) is 0 Å². The maximum Gasteiger partial charge on any atom is 0.151 e. The molecule has 0 radical (unpaired) electrons. The van der Waals surface area contributed by atoms with Gasteiger partial charge in [-0.05, 0) is 12.5 Å². The minimum atomic E-state index is -0.549. The lowest BCUT2D eigenvalue weighted by molar-refractivity contribution is 0.580. The first-order valence-corrected chi connectivity index (χ1v) is 4.70. The van der Waals surface area contributed by atoms with E-state index in [2.05, 4.69) is 10.6 Å². The molecule has 1 heterocycles. The second-order valence-corrected chi connectivity index (χ2v) is 3.44. The fourth-order valence-corrected chi connectivity index (χ4v) is 1.61. The summed E-state index contributed by atoms with van der Waals surface area (Å²) in [5.41, 5.74) is 0.886. The molecule has 1 unspecified atom stereocenters. The summed E-state index contributed by atoms with van der Waals surface area (Å²) < 4.78 is 26.1. The Balaban J connectivity index is 2.37. The molecule has 1 aliphatic rings. The van der Waals surface area contributed by atoms with E-state index in [1.54, 1.807) is 0 Å². The average Bonchev–Trinajstić information content (AvgIpc) is 2.16. The van der Waals surface area contributed by atoms with Gasteiger partial charge in [0.1, 0.15) is 5.82 Å². The Morgan fingerprint density at radius 2 is 2.21 bits per heavy atom. The molecule has 4 heteroatoms. The third-order valence-corrected chi connectivity index (χ3v) is 2.43. The van der Waals surface area contributed by atoms with Crippen LogP contribution >= 0.6 is 0 Å². The predicted octanol–water partition coefficient (Wildman–Crippen LogP) is 2.58. The molecular formula is C10H12F2N2. The number of hydrogen-bond acceptors (Lipinski definition) is 2. The van der Waals surface area contributed by atoms with Gasteiger partial charge in [0.25, 0.3) is 0 Å². The first kappa shape index (κ1) is 9.24. The molecular weight excluding hydrogens is 186 g/mol. The third kappa shape index (κ3) is 1.52. The maximum absolute atomic E-state index is 13.2. The Bertz CT molecular complexity index is 352. The second-order valence-electron chi connectivity index (χ2n) is 3.44. The molecule has 0 bridgehead atoms. The lowest BCUT2D eigenvalue weighted by Gasteiger charge is -2.27. The standard InChI is InChI=1S/C10H12F2N2/c1-2-7-5-13-10-8(12)3-6(11)4-9(10)14-7/h3-4,7,13-14H,2,5H2,1H3. The number of nitrogens with one attached hydrogen (secondary N) is 2. The van der Waals surface area contributed by atoms with Crippen LogP contribution < -0.4 is 10.6 Å². The van der Waals surface area contributed by atoms with E-state index >= 15 is 0 Å². The van der Waals surface area contributed by atoms with E-state index in [4.69, 9.17) is 0 Å². The van der Waals surface area contributed by atoms with Gasteiger partial charge >= 0.3 is 0 Å². The largest absolute Gasteiger partial charge is 0.379 e. The van der Waals surface area contributed by atoms with Crippen LogP contribution in [-0.2, 0) is 0 Å². The van der Waals surface area contributed by atoms with Crippen LogP contribution in [0.15, 0.2) is 12.1 Å². The molecule has 1 atom stereocenters. The van der Waals surface area contributed by atoms with E-state index in [9.17, 15) is 8.78 Å². The molecule has 0 saturated heterocycles. The van der Waals surface area contributed by atoms with Gasteiger partial charge in [-0.2, -0.15) is 0 Å². The van der Waals surface area contributed by atoms with E-state index in [1.807, 2.05) is 6.92 Å². The smallest absolute Gasteiger partial charge is 0.151 e. The van der Waals surface area contributed by atoms with Gasteiger partial charge in [-0.3, -0.25) is 0 Å². The van der Waals surface area contributed by atoms with E-state index in [0.717, 1.165) is 12.5 Å². The number of fused-ring (bicyclic) bond motifs is 1. The van der Waals surface area contributed by atoms with Crippen molar-refractivity contribution in [3.63, 3.8) is 0 Å². The van der Waals surface area contributed by atoms with Gasteiger partial charge in [-0.15, -0.1) is 0 Å². The molecule has 2 rings (SSSR count). The van der Waals surface area contributed by atoms with E-state index in [-0.39, 0.29) is 6.04 Å². The summed E-state index contributed by atoms with van der Waals surface area (Å²) in [7, 11) is 0. The van der Waals surface area contributed by atoms with E-state index < -0.39 is 11.6 Å². The monoisotopic (exact) mass is 198 g/mol. The molecule has 2 nitrogen and oxygen atoms in total. The topological polar surface area (TPSA) is 24.1 Å². The summed E-state index contributed by atoms with van der Waals surface area (Å²) in [6.45, 7) is 2.70. The van der Waals surface area contributed by atoms with Crippen LogP contribution in [0, 0.1) is 11.6 Å². The van der Waals surface area contributed by atoms with Crippen molar-refractivity contribution < 1.29 is 8.78 Å². The number of anilines is 2. The van der Waals surface area contributed by atoms with E-state index in [1.165, 1.54) is 6.07 Å². The maximum atomic E-state index is 13.2. The van der Waals surface area contributed by atoms with Crippen molar-refractivity contribution in [3.8, 4) is 0 Å². The molecule has 1 aromatic carbocycles. The van der Waals surface area contributed by atoms with Gasteiger partial charge in [0.15, 0.2) is 5.82 Å². The zero-order valence-electron chi connectivity index (χ0n) is 7.90. The van der Waals surface area contributed by atoms with Crippen LogP contribution in [0.5, 0.6) is 0 Å². The van der Waals surface area contributed by atoms with Crippen LogP contribution in [0.1, 0.15) is 13.3 Å². The Morgan fingerprint density at radius 3 is 2.93 bits per heavy atom. The molecule has 0 fully saturated rings. The number of rotatable bonds is 1. The van der Waals surface area contributed by atoms with Crippen molar-refractivity contribution in [3.05, 3.63) is 23.8 Å². The summed E-state index contributed by atoms with van der Waals surface area (Å²) in [6.07, 6.45) is 0.921. The fourth-order valence-electron chi connectivity index (χ4n) is 1.61. The van der Waals surface area contributed by atoms with Gasteiger partial charge in [-0.25, -0.2) is 8.78 Å². The number of hydrogen-bond donors (Lipinski definition) is 2.